The predicted molar refractivity (Wildman–Crippen MR) is 100 cm³/mol. The summed E-state index contributed by atoms with van der Waals surface area (Å²) in [6.07, 6.45) is 0. The van der Waals surface area contributed by atoms with Crippen LogP contribution in [0.4, 0.5) is 21.8 Å². The van der Waals surface area contributed by atoms with Crippen molar-refractivity contribution in [3.8, 4) is 11.3 Å². The molecule has 0 saturated carbocycles. The van der Waals surface area contributed by atoms with E-state index in [9.17, 15) is 4.39 Å². The van der Waals surface area contributed by atoms with E-state index in [1.807, 2.05) is 36.4 Å². The number of rotatable bonds is 6. The van der Waals surface area contributed by atoms with E-state index in [-0.39, 0.29) is 5.82 Å². The van der Waals surface area contributed by atoms with Crippen LogP contribution in [0.15, 0.2) is 60.7 Å². The lowest BCUT2D eigenvalue weighted by molar-refractivity contribution is 0.631. The van der Waals surface area contributed by atoms with Crippen LogP contribution in [-0.2, 0) is 0 Å². The first-order chi connectivity index (χ1) is 12.1. The van der Waals surface area contributed by atoms with E-state index in [2.05, 4.69) is 34.4 Å². The average molecular weight is 336 g/mol. The van der Waals surface area contributed by atoms with Crippen molar-refractivity contribution < 1.29 is 4.39 Å². The number of benzene rings is 2. The molecule has 2 aromatic carbocycles. The molecule has 0 unspecified atom stereocenters. The molecule has 128 valence electrons. The lowest BCUT2D eigenvalue weighted by Gasteiger charge is -2.13. The average Bonchev–Trinajstić information content (AvgIpc) is 2.62. The second-order valence-electron chi connectivity index (χ2n) is 6.21. The van der Waals surface area contributed by atoms with Gasteiger partial charge in [0.2, 0.25) is 5.95 Å². The van der Waals surface area contributed by atoms with Crippen molar-refractivity contribution in [2.24, 2.45) is 5.92 Å². The third kappa shape index (κ3) is 4.53. The fourth-order valence-corrected chi connectivity index (χ4v) is 2.34. The molecule has 0 spiro atoms. The zero-order valence-corrected chi connectivity index (χ0v) is 14.3. The van der Waals surface area contributed by atoms with Crippen LogP contribution in [0.5, 0.6) is 0 Å². The van der Waals surface area contributed by atoms with Crippen molar-refractivity contribution in [3.63, 3.8) is 0 Å². The van der Waals surface area contributed by atoms with Gasteiger partial charge in [0.05, 0.1) is 11.4 Å². The van der Waals surface area contributed by atoms with Gasteiger partial charge < -0.3 is 10.6 Å². The summed E-state index contributed by atoms with van der Waals surface area (Å²) in [5, 5.41) is 6.28. The number of hydrogen-bond acceptors (Lipinski definition) is 4. The summed E-state index contributed by atoms with van der Waals surface area (Å²) in [7, 11) is 0. The van der Waals surface area contributed by atoms with Crippen molar-refractivity contribution in [1.29, 1.82) is 0 Å². The van der Waals surface area contributed by atoms with E-state index >= 15 is 0 Å². The Morgan fingerprint density at radius 3 is 2.40 bits per heavy atom. The molecule has 0 aliphatic rings. The molecule has 1 heterocycles. The van der Waals surface area contributed by atoms with Crippen LogP contribution in [0.1, 0.15) is 13.8 Å². The van der Waals surface area contributed by atoms with Gasteiger partial charge in [-0.05, 0) is 18.1 Å². The summed E-state index contributed by atoms with van der Waals surface area (Å²) < 4.78 is 13.9. The van der Waals surface area contributed by atoms with Crippen LogP contribution in [0.25, 0.3) is 11.3 Å². The minimum absolute atomic E-state index is 0.340. The van der Waals surface area contributed by atoms with Crippen molar-refractivity contribution in [1.82, 2.24) is 9.97 Å². The van der Waals surface area contributed by atoms with Crippen LogP contribution in [-0.4, -0.2) is 16.5 Å². The van der Waals surface area contributed by atoms with E-state index in [1.54, 1.807) is 18.2 Å². The Hall–Kier alpha value is -2.95. The molecule has 0 radical (unpaired) electrons. The van der Waals surface area contributed by atoms with Crippen molar-refractivity contribution in [3.05, 3.63) is 66.5 Å². The van der Waals surface area contributed by atoms with Gasteiger partial charge in [0, 0.05) is 18.2 Å². The smallest absolute Gasteiger partial charge is 0.229 e. The monoisotopic (exact) mass is 336 g/mol. The number of nitrogens with one attached hydrogen (secondary N) is 2. The van der Waals surface area contributed by atoms with Gasteiger partial charge in [0.1, 0.15) is 11.6 Å². The van der Waals surface area contributed by atoms with Gasteiger partial charge in [-0.15, -0.1) is 0 Å². The zero-order valence-electron chi connectivity index (χ0n) is 14.3. The van der Waals surface area contributed by atoms with E-state index < -0.39 is 0 Å². The van der Waals surface area contributed by atoms with E-state index in [0.717, 1.165) is 17.8 Å². The van der Waals surface area contributed by atoms with Gasteiger partial charge >= 0.3 is 0 Å². The molecule has 0 fully saturated rings. The standard InChI is InChI=1S/C20H21FN4/c1-14(2)13-22-19-12-18(15-8-4-3-5-9-15)24-20(25-19)23-17-11-7-6-10-16(17)21/h3-12,14H,13H2,1-2H3,(H2,22,23,24,25). The lowest BCUT2D eigenvalue weighted by atomic mass is 10.1. The fraction of sp³-hybridized carbons (Fsp3) is 0.200. The minimum Gasteiger partial charge on any atom is -0.370 e. The predicted octanol–water partition coefficient (Wildman–Crippen LogP) is 5.09. The van der Waals surface area contributed by atoms with Crippen LogP contribution in [0.3, 0.4) is 0 Å². The fourth-order valence-electron chi connectivity index (χ4n) is 2.34. The topological polar surface area (TPSA) is 49.8 Å². The van der Waals surface area contributed by atoms with Crippen molar-refractivity contribution in [2.45, 2.75) is 13.8 Å². The molecule has 4 nitrogen and oxygen atoms in total. The molecule has 25 heavy (non-hydrogen) atoms. The molecule has 1 aromatic heterocycles. The third-order valence-corrected chi connectivity index (χ3v) is 3.61. The molecule has 0 aliphatic carbocycles. The molecule has 0 aliphatic heterocycles. The third-order valence-electron chi connectivity index (χ3n) is 3.61. The van der Waals surface area contributed by atoms with E-state index in [1.165, 1.54) is 6.07 Å². The Balaban J connectivity index is 1.96. The maximum Gasteiger partial charge on any atom is 0.229 e. The zero-order chi connectivity index (χ0) is 17.6. The molecule has 5 heteroatoms. The molecular formula is C20H21FN4. The summed E-state index contributed by atoms with van der Waals surface area (Å²) in [6.45, 7) is 5.06. The first-order valence-corrected chi connectivity index (χ1v) is 8.32. The maximum absolute atomic E-state index is 13.9. The molecule has 0 atom stereocenters. The second kappa shape index (κ2) is 7.75. The van der Waals surface area contributed by atoms with Crippen LogP contribution >= 0.6 is 0 Å². The molecule has 0 saturated heterocycles. The Morgan fingerprint density at radius 2 is 1.68 bits per heavy atom. The molecule has 3 aromatic rings. The maximum atomic E-state index is 13.9. The summed E-state index contributed by atoms with van der Waals surface area (Å²) >= 11 is 0. The SMILES string of the molecule is CC(C)CNc1cc(-c2ccccc2)nc(Nc2ccccc2F)n1. The molecule has 3 rings (SSSR count). The highest BCUT2D eigenvalue weighted by Crippen LogP contribution is 2.24. The molecule has 0 amide bonds. The highest BCUT2D eigenvalue weighted by molar-refractivity contribution is 5.66. The number of hydrogen-bond donors (Lipinski definition) is 2. The Labute approximate surface area is 147 Å². The number of halogens is 1. The summed E-state index contributed by atoms with van der Waals surface area (Å²) in [5.41, 5.74) is 2.11. The Bertz CT molecular complexity index is 834. The highest BCUT2D eigenvalue weighted by atomic mass is 19.1. The normalized spacial score (nSPS) is 10.7. The summed E-state index contributed by atoms with van der Waals surface area (Å²) in [6, 6.07) is 18.2. The van der Waals surface area contributed by atoms with Gasteiger partial charge in [-0.2, -0.15) is 4.98 Å². The minimum atomic E-state index is -0.340. The number of nitrogens with zero attached hydrogens (tertiary/aromatic N) is 2. The largest absolute Gasteiger partial charge is 0.370 e. The second-order valence-corrected chi connectivity index (χ2v) is 6.21. The summed E-state index contributed by atoms with van der Waals surface area (Å²) in [5.74, 6) is 1.21. The number of aromatic nitrogens is 2. The Kier molecular flexibility index (Phi) is 5.23. The van der Waals surface area contributed by atoms with Gasteiger partial charge in [-0.1, -0.05) is 56.3 Å². The number of anilines is 3. The van der Waals surface area contributed by atoms with Gasteiger partial charge in [0.15, 0.2) is 0 Å². The highest BCUT2D eigenvalue weighted by Gasteiger charge is 2.09. The first-order valence-electron chi connectivity index (χ1n) is 8.32. The first kappa shape index (κ1) is 16.9. The molecule has 0 bridgehead atoms. The molecule has 2 N–H and O–H groups in total. The van der Waals surface area contributed by atoms with Gasteiger partial charge in [-0.25, -0.2) is 9.37 Å². The van der Waals surface area contributed by atoms with Crippen LogP contribution in [0.2, 0.25) is 0 Å². The van der Waals surface area contributed by atoms with Crippen molar-refractivity contribution >= 4 is 17.5 Å². The quantitative estimate of drug-likeness (QED) is 0.658. The van der Waals surface area contributed by atoms with Crippen LogP contribution < -0.4 is 10.6 Å². The van der Waals surface area contributed by atoms with E-state index in [4.69, 9.17) is 0 Å². The molecular weight excluding hydrogens is 315 g/mol. The van der Waals surface area contributed by atoms with E-state index in [0.29, 0.717) is 23.4 Å². The number of para-hydroxylation sites is 1. The van der Waals surface area contributed by atoms with Crippen LogP contribution in [0, 0.1) is 11.7 Å². The van der Waals surface area contributed by atoms with Crippen molar-refractivity contribution in [2.75, 3.05) is 17.2 Å². The van der Waals surface area contributed by atoms with Gasteiger partial charge in [0.25, 0.3) is 0 Å². The lowest BCUT2D eigenvalue weighted by Crippen LogP contribution is -2.11. The summed E-state index contributed by atoms with van der Waals surface area (Å²) in [4.78, 5) is 9.01. The van der Waals surface area contributed by atoms with Gasteiger partial charge in [-0.3, -0.25) is 0 Å². The Morgan fingerprint density at radius 1 is 0.960 bits per heavy atom.